The van der Waals surface area contributed by atoms with E-state index in [2.05, 4.69) is 20.9 Å². The Kier molecular flexibility index (Phi) is 4.41. The molecule has 1 aromatic carbocycles. The first-order chi connectivity index (χ1) is 9.81. The Bertz CT molecular complexity index is 686. The molecule has 1 aromatic heterocycles. The number of rotatable bonds is 4. The molecular weight excluding hydrogens is 348 g/mol. The highest BCUT2D eigenvalue weighted by Crippen LogP contribution is 2.36. The number of benzene rings is 1. The van der Waals surface area contributed by atoms with E-state index >= 15 is 0 Å². The monoisotopic (exact) mass is 359 g/mol. The quantitative estimate of drug-likeness (QED) is 0.616. The summed E-state index contributed by atoms with van der Waals surface area (Å²) in [4.78, 5) is 11.6. The van der Waals surface area contributed by atoms with Crippen molar-refractivity contribution in [1.82, 2.24) is 4.98 Å². The van der Waals surface area contributed by atoms with Gasteiger partial charge in [0.1, 0.15) is 18.1 Å². The maximum Gasteiger partial charge on any atom is 0.343 e. The fourth-order valence-corrected chi connectivity index (χ4v) is 2.05. The molecule has 0 aliphatic rings. The molecule has 0 radical (unpaired) electrons. The molecule has 0 aliphatic carbocycles. The molecule has 1 heterocycles. The third-order valence-electron chi connectivity index (χ3n) is 2.82. The number of nitrogens with zero attached hydrogens (tertiary/aromatic N) is 1. The van der Waals surface area contributed by atoms with Gasteiger partial charge in [-0.3, -0.25) is 4.79 Å². The highest BCUT2D eigenvalue weighted by molar-refractivity contribution is 9.09. The van der Waals surface area contributed by atoms with Crippen LogP contribution in [-0.2, 0) is 21.0 Å². The highest BCUT2D eigenvalue weighted by Gasteiger charge is 2.30. The molecular formula is C14H12BrF2NO3. The fourth-order valence-electron chi connectivity index (χ4n) is 1.85. The minimum atomic E-state index is -3.26. The van der Waals surface area contributed by atoms with Gasteiger partial charge in [0.25, 0.3) is 0 Å². The number of pyridine rings is 1. The minimum Gasteiger partial charge on any atom is -0.497 e. The second-order valence-corrected chi connectivity index (χ2v) is 5.32. The fraction of sp³-hybridized carbons (Fsp3) is 0.286. The van der Waals surface area contributed by atoms with Gasteiger partial charge in [0.05, 0.1) is 12.6 Å². The molecule has 21 heavy (non-hydrogen) atoms. The number of aromatic nitrogens is 1. The van der Waals surface area contributed by atoms with Crippen LogP contribution in [0.2, 0.25) is 0 Å². The van der Waals surface area contributed by atoms with E-state index in [1.54, 1.807) is 18.2 Å². The SMILES string of the molecule is COc1ccc2nc(C(F)(F)Br)cc(COC(C)=O)c2c1. The maximum atomic E-state index is 13.4. The molecule has 0 fully saturated rings. The van der Waals surface area contributed by atoms with Crippen LogP contribution >= 0.6 is 15.9 Å². The van der Waals surface area contributed by atoms with Crippen LogP contribution in [0.15, 0.2) is 24.3 Å². The number of methoxy groups -OCH3 is 1. The molecule has 0 aliphatic heterocycles. The molecule has 0 N–H and O–H groups in total. The number of carbonyl (C=O) groups excluding carboxylic acids is 1. The Morgan fingerprint density at radius 1 is 1.38 bits per heavy atom. The van der Waals surface area contributed by atoms with Crippen molar-refractivity contribution < 1.29 is 23.0 Å². The number of alkyl halides is 3. The summed E-state index contributed by atoms with van der Waals surface area (Å²) in [5, 5.41) is 0.594. The molecule has 0 amide bonds. The highest BCUT2D eigenvalue weighted by atomic mass is 79.9. The Labute approximate surface area is 128 Å². The van der Waals surface area contributed by atoms with Crippen LogP contribution in [0.25, 0.3) is 10.9 Å². The smallest absolute Gasteiger partial charge is 0.343 e. The molecule has 7 heteroatoms. The van der Waals surface area contributed by atoms with E-state index in [9.17, 15) is 13.6 Å². The summed E-state index contributed by atoms with van der Waals surface area (Å²) in [6.07, 6.45) is 0. The standard InChI is InChI=1S/C14H12BrF2NO3/c1-8(19)21-7-9-5-13(14(15,16)17)18-12-4-3-10(20-2)6-11(9)12/h3-6H,7H2,1-2H3. The Balaban J connectivity index is 2.60. The molecule has 0 saturated heterocycles. The van der Waals surface area contributed by atoms with Gasteiger partial charge in [-0.05, 0) is 40.2 Å². The van der Waals surface area contributed by atoms with Crippen molar-refractivity contribution in [1.29, 1.82) is 0 Å². The number of carbonyl (C=O) groups is 1. The molecule has 2 aromatic rings. The zero-order valence-electron chi connectivity index (χ0n) is 11.3. The molecule has 0 bridgehead atoms. The predicted molar refractivity (Wildman–Crippen MR) is 76.6 cm³/mol. The normalized spacial score (nSPS) is 11.5. The summed E-state index contributed by atoms with van der Waals surface area (Å²) in [6, 6.07) is 6.07. The molecule has 112 valence electrons. The van der Waals surface area contributed by atoms with E-state index in [1.165, 1.54) is 20.1 Å². The second kappa shape index (κ2) is 5.93. The van der Waals surface area contributed by atoms with E-state index in [0.717, 1.165) is 0 Å². The Morgan fingerprint density at radius 3 is 2.67 bits per heavy atom. The number of fused-ring (bicyclic) bond motifs is 1. The third-order valence-corrected chi connectivity index (χ3v) is 3.23. The van der Waals surface area contributed by atoms with Gasteiger partial charge in [0, 0.05) is 17.9 Å². The lowest BCUT2D eigenvalue weighted by Gasteiger charge is -2.13. The van der Waals surface area contributed by atoms with Gasteiger partial charge < -0.3 is 9.47 Å². The summed E-state index contributed by atoms with van der Waals surface area (Å²) >= 11 is 2.29. The second-order valence-electron chi connectivity index (χ2n) is 4.33. The van der Waals surface area contributed by atoms with Crippen molar-refractivity contribution in [3.8, 4) is 5.75 Å². The molecule has 0 unspecified atom stereocenters. The first-order valence-corrected chi connectivity index (χ1v) is 6.79. The van der Waals surface area contributed by atoms with E-state index in [4.69, 9.17) is 9.47 Å². The Hall–Kier alpha value is -1.76. The summed E-state index contributed by atoms with van der Waals surface area (Å²) in [6.45, 7) is 1.14. The lowest BCUT2D eigenvalue weighted by Crippen LogP contribution is -2.08. The van der Waals surface area contributed by atoms with Crippen LogP contribution in [0.4, 0.5) is 8.78 Å². The van der Waals surface area contributed by atoms with Gasteiger partial charge in [-0.2, -0.15) is 8.78 Å². The summed E-state index contributed by atoms with van der Waals surface area (Å²) in [5.41, 5.74) is 0.361. The molecule has 0 spiro atoms. The molecule has 4 nitrogen and oxygen atoms in total. The van der Waals surface area contributed by atoms with Crippen molar-refractivity contribution >= 4 is 32.8 Å². The van der Waals surface area contributed by atoms with Gasteiger partial charge >= 0.3 is 10.8 Å². The van der Waals surface area contributed by atoms with Gasteiger partial charge in [-0.15, -0.1) is 0 Å². The maximum absolute atomic E-state index is 13.4. The number of hydrogen-bond donors (Lipinski definition) is 0. The minimum absolute atomic E-state index is 0.113. The van der Waals surface area contributed by atoms with E-state index in [1.807, 2.05) is 0 Å². The van der Waals surface area contributed by atoms with Crippen LogP contribution in [0.1, 0.15) is 18.2 Å². The molecule has 0 atom stereocenters. The number of hydrogen-bond acceptors (Lipinski definition) is 4. The summed E-state index contributed by atoms with van der Waals surface area (Å²) in [7, 11) is 1.50. The average molecular weight is 360 g/mol. The lowest BCUT2D eigenvalue weighted by molar-refractivity contribution is -0.142. The lowest BCUT2D eigenvalue weighted by atomic mass is 10.1. The zero-order valence-corrected chi connectivity index (χ0v) is 12.9. The van der Waals surface area contributed by atoms with Crippen LogP contribution < -0.4 is 4.74 Å². The first kappa shape index (κ1) is 15.6. The third kappa shape index (κ3) is 3.66. The number of esters is 1. The Morgan fingerprint density at radius 2 is 2.10 bits per heavy atom. The number of ether oxygens (including phenoxy) is 2. The predicted octanol–water partition coefficient (Wildman–Crippen LogP) is 3.75. The van der Waals surface area contributed by atoms with Gasteiger partial charge in [0.2, 0.25) is 0 Å². The van der Waals surface area contributed by atoms with E-state index in [0.29, 0.717) is 22.2 Å². The summed E-state index contributed by atoms with van der Waals surface area (Å²) in [5.74, 6) is 0.0711. The van der Waals surface area contributed by atoms with Crippen molar-refractivity contribution in [2.24, 2.45) is 0 Å². The van der Waals surface area contributed by atoms with Gasteiger partial charge in [0.15, 0.2) is 0 Å². The van der Waals surface area contributed by atoms with Gasteiger partial charge in [-0.1, -0.05) is 0 Å². The van der Waals surface area contributed by atoms with Crippen LogP contribution in [0.5, 0.6) is 5.75 Å². The summed E-state index contributed by atoms with van der Waals surface area (Å²) < 4.78 is 36.9. The van der Waals surface area contributed by atoms with Crippen LogP contribution in [0, 0.1) is 0 Å². The zero-order chi connectivity index (χ0) is 15.6. The van der Waals surface area contributed by atoms with Crippen molar-refractivity contribution in [2.45, 2.75) is 18.4 Å². The van der Waals surface area contributed by atoms with Crippen LogP contribution in [0.3, 0.4) is 0 Å². The van der Waals surface area contributed by atoms with Gasteiger partial charge in [-0.25, -0.2) is 4.98 Å². The molecule has 2 rings (SSSR count). The average Bonchev–Trinajstić information content (AvgIpc) is 2.42. The number of halogens is 3. The molecule has 0 saturated carbocycles. The first-order valence-electron chi connectivity index (χ1n) is 5.99. The topological polar surface area (TPSA) is 48.4 Å². The van der Waals surface area contributed by atoms with Crippen molar-refractivity contribution in [3.63, 3.8) is 0 Å². The van der Waals surface area contributed by atoms with E-state index < -0.39 is 16.5 Å². The van der Waals surface area contributed by atoms with Crippen molar-refractivity contribution in [2.75, 3.05) is 7.11 Å². The van der Waals surface area contributed by atoms with E-state index in [-0.39, 0.29) is 6.61 Å². The van der Waals surface area contributed by atoms with Crippen LogP contribution in [-0.4, -0.2) is 18.1 Å². The largest absolute Gasteiger partial charge is 0.497 e. The van der Waals surface area contributed by atoms with Crippen molar-refractivity contribution in [3.05, 3.63) is 35.5 Å².